The fraction of sp³-hybridized carbons (Fsp3) is 0.471. The van der Waals surface area contributed by atoms with E-state index in [4.69, 9.17) is 9.47 Å². The fourth-order valence-electron chi connectivity index (χ4n) is 4.64. The number of benzene rings is 1. The number of halogens is 1. The number of ether oxygens (including phenoxy) is 2. The molecule has 0 aliphatic rings. The lowest BCUT2D eigenvalue weighted by Crippen LogP contribution is -2.37. The molecule has 48 heavy (non-hydrogen) atoms. The van der Waals surface area contributed by atoms with E-state index < -0.39 is 41.2 Å². The molecule has 0 bridgehead atoms. The first-order chi connectivity index (χ1) is 22.4. The van der Waals surface area contributed by atoms with Gasteiger partial charge in [-0.1, -0.05) is 19.9 Å². The highest BCUT2D eigenvalue weighted by atomic mass is 19.1. The SMILES string of the molecule is CC(C)Cc1cc(F)cc2c1nc(Cn1cccc(NC(=O)[C@H](CC/C=C/C(=O)N(C)C)OC(=O)N(C)C)c1=O)n2C(=O)OC(C)(C)C. The van der Waals surface area contributed by atoms with Crippen molar-refractivity contribution in [1.82, 2.24) is 23.9 Å². The minimum atomic E-state index is -1.28. The highest BCUT2D eigenvalue weighted by molar-refractivity contribution is 5.95. The minimum Gasteiger partial charge on any atom is -0.443 e. The van der Waals surface area contributed by atoms with E-state index in [2.05, 4.69) is 10.3 Å². The molecule has 260 valence electrons. The van der Waals surface area contributed by atoms with Gasteiger partial charge in [-0.3, -0.25) is 14.4 Å². The van der Waals surface area contributed by atoms with Crippen LogP contribution >= 0.6 is 0 Å². The first kappa shape index (κ1) is 37.4. The zero-order valence-electron chi connectivity index (χ0n) is 29.0. The Morgan fingerprint density at radius 1 is 1.08 bits per heavy atom. The van der Waals surface area contributed by atoms with Gasteiger partial charge in [-0.25, -0.2) is 23.5 Å². The number of allylic oxidation sites excluding steroid dienone is 1. The predicted molar refractivity (Wildman–Crippen MR) is 179 cm³/mol. The van der Waals surface area contributed by atoms with E-state index in [0.29, 0.717) is 17.5 Å². The minimum absolute atomic E-state index is 0.0405. The highest BCUT2D eigenvalue weighted by Crippen LogP contribution is 2.26. The van der Waals surface area contributed by atoms with Crippen molar-refractivity contribution in [2.45, 2.75) is 72.1 Å². The van der Waals surface area contributed by atoms with Crippen molar-refractivity contribution in [2.24, 2.45) is 5.92 Å². The van der Waals surface area contributed by atoms with Crippen molar-refractivity contribution in [1.29, 1.82) is 0 Å². The van der Waals surface area contributed by atoms with E-state index in [9.17, 15) is 28.4 Å². The molecule has 1 N–H and O–H groups in total. The maximum absolute atomic E-state index is 14.8. The third-order valence-electron chi connectivity index (χ3n) is 6.86. The van der Waals surface area contributed by atoms with Gasteiger partial charge in [0.15, 0.2) is 6.10 Å². The summed E-state index contributed by atoms with van der Waals surface area (Å²) in [5, 5.41) is 2.55. The van der Waals surface area contributed by atoms with E-state index in [1.54, 1.807) is 40.9 Å². The van der Waals surface area contributed by atoms with Crippen LogP contribution in [0.2, 0.25) is 0 Å². The number of pyridine rings is 1. The number of carbonyl (C=O) groups is 4. The fourth-order valence-corrected chi connectivity index (χ4v) is 4.64. The summed E-state index contributed by atoms with van der Waals surface area (Å²) in [6.45, 7) is 8.85. The van der Waals surface area contributed by atoms with Crippen molar-refractivity contribution in [3.63, 3.8) is 0 Å². The van der Waals surface area contributed by atoms with Crippen molar-refractivity contribution in [2.75, 3.05) is 33.5 Å². The van der Waals surface area contributed by atoms with Gasteiger partial charge in [0.2, 0.25) is 5.91 Å². The molecule has 0 saturated heterocycles. The summed E-state index contributed by atoms with van der Waals surface area (Å²) >= 11 is 0. The molecule has 2 aromatic heterocycles. The smallest absolute Gasteiger partial charge is 0.420 e. The van der Waals surface area contributed by atoms with Crippen LogP contribution in [0, 0.1) is 11.7 Å². The Kier molecular flexibility index (Phi) is 12.3. The van der Waals surface area contributed by atoms with Crippen LogP contribution in [0.25, 0.3) is 11.0 Å². The number of nitrogens with zero attached hydrogens (tertiary/aromatic N) is 5. The van der Waals surface area contributed by atoms with Crippen LogP contribution in [-0.2, 0) is 32.0 Å². The molecule has 0 aliphatic carbocycles. The molecule has 0 saturated carbocycles. The van der Waals surface area contributed by atoms with E-state index >= 15 is 0 Å². The number of fused-ring (bicyclic) bond motifs is 1. The van der Waals surface area contributed by atoms with Gasteiger partial charge in [-0.2, -0.15) is 0 Å². The first-order valence-corrected chi connectivity index (χ1v) is 15.6. The Labute approximate surface area is 279 Å². The number of anilines is 1. The Morgan fingerprint density at radius 3 is 2.38 bits per heavy atom. The Bertz CT molecular complexity index is 1750. The highest BCUT2D eigenvalue weighted by Gasteiger charge is 2.27. The zero-order valence-corrected chi connectivity index (χ0v) is 29.0. The van der Waals surface area contributed by atoms with Gasteiger partial charge in [0.25, 0.3) is 11.5 Å². The second-order valence-corrected chi connectivity index (χ2v) is 13.2. The molecule has 0 unspecified atom stereocenters. The van der Waals surface area contributed by atoms with Crippen molar-refractivity contribution in [3.05, 3.63) is 70.2 Å². The molecule has 3 aromatic rings. The number of rotatable bonds is 11. The van der Waals surface area contributed by atoms with E-state index in [-0.39, 0.29) is 48.2 Å². The predicted octanol–water partition coefficient (Wildman–Crippen LogP) is 4.80. The van der Waals surface area contributed by atoms with Crippen molar-refractivity contribution < 1.29 is 33.0 Å². The average molecular weight is 669 g/mol. The molecule has 1 atom stereocenters. The second-order valence-electron chi connectivity index (χ2n) is 13.2. The number of carbonyl (C=O) groups excluding carboxylic acids is 4. The summed E-state index contributed by atoms with van der Waals surface area (Å²) in [5.74, 6) is -1.24. The summed E-state index contributed by atoms with van der Waals surface area (Å²) in [6.07, 6.45) is 2.33. The summed E-state index contributed by atoms with van der Waals surface area (Å²) < 4.78 is 28.2. The van der Waals surface area contributed by atoms with E-state index in [1.807, 2.05) is 13.8 Å². The number of nitrogens with one attached hydrogen (secondary N) is 1. The largest absolute Gasteiger partial charge is 0.443 e. The standard InChI is InChI=1S/C34H45FN6O7/c1-21(2)17-22-18-23(35)19-25-29(22)37-27(41(25)33(46)48-34(3,4)5)20-40-16-12-13-24(31(40)44)36-30(43)26(47-32(45)39(8)9)14-10-11-15-28(42)38(6)7/h11-13,15-16,18-19,21,26H,10,14,17,20H2,1-9H3,(H,36,43)/b15-11+/t26-/m0/s1. The van der Waals surface area contributed by atoms with Gasteiger partial charge in [-0.05, 0) is 75.8 Å². The van der Waals surface area contributed by atoms with Crippen molar-refractivity contribution in [3.8, 4) is 0 Å². The molecule has 3 rings (SSSR count). The van der Waals surface area contributed by atoms with Crippen LogP contribution in [0.5, 0.6) is 0 Å². The maximum atomic E-state index is 14.8. The lowest BCUT2D eigenvalue weighted by atomic mass is 10.0. The number of hydrogen-bond donors (Lipinski definition) is 1. The number of amides is 3. The molecule has 0 aliphatic heterocycles. The molecule has 0 spiro atoms. The zero-order chi connectivity index (χ0) is 35.9. The van der Waals surface area contributed by atoms with Crippen LogP contribution in [0.4, 0.5) is 19.7 Å². The summed E-state index contributed by atoms with van der Waals surface area (Å²) in [4.78, 5) is 71.8. The molecule has 13 nitrogen and oxygen atoms in total. The Balaban J connectivity index is 1.98. The van der Waals surface area contributed by atoms with Gasteiger partial charge >= 0.3 is 12.2 Å². The quantitative estimate of drug-likeness (QED) is 0.287. The van der Waals surface area contributed by atoms with Crippen LogP contribution in [-0.4, -0.2) is 87.8 Å². The van der Waals surface area contributed by atoms with Crippen LogP contribution < -0.4 is 10.9 Å². The topological polar surface area (TPSA) is 145 Å². The summed E-state index contributed by atoms with van der Waals surface area (Å²) in [6, 6.07) is 5.51. The normalized spacial score (nSPS) is 12.3. The van der Waals surface area contributed by atoms with Gasteiger partial charge in [0, 0.05) is 40.5 Å². The second kappa shape index (κ2) is 15.7. The van der Waals surface area contributed by atoms with Crippen molar-refractivity contribution >= 4 is 40.7 Å². The van der Waals surface area contributed by atoms with Gasteiger partial charge in [0.05, 0.1) is 17.6 Å². The molecular weight excluding hydrogens is 623 g/mol. The lowest BCUT2D eigenvalue weighted by Gasteiger charge is -2.21. The van der Waals surface area contributed by atoms with Crippen LogP contribution in [0.1, 0.15) is 58.8 Å². The molecule has 0 radical (unpaired) electrons. The number of hydrogen-bond acceptors (Lipinski definition) is 8. The monoisotopic (exact) mass is 668 g/mol. The van der Waals surface area contributed by atoms with E-state index in [1.165, 1.54) is 60.1 Å². The molecule has 14 heteroatoms. The third kappa shape index (κ3) is 9.99. The molecule has 2 heterocycles. The number of likely N-dealkylation sites (N-methyl/N-ethyl adjacent to an activating group) is 1. The first-order valence-electron chi connectivity index (χ1n) is 15.6. The Morgan fingerprint density at radius 2 is 1.77 bits per heavy atom. The number of imidazole rings is 1. The molecule has 3 amide bonds. The van der Waals surface area contributed by atoms with E-state index in [0.717, 1.165) is 9.47 Å². The van der Waals surface area contributed by atoms with Crippen LogP contribution in [0.3, 0.4) is 0 Å². The van der Waals surface area contributed by atoms with Gasteiger partial charge in [0.1, 0.15) is 22.9 Å². The van der Waals surface area contributed by atoms with Gasteiger partial charge in [-0.15, -0.1) is 0 Å². The molecule has 0 fully saturated rings. The van der Waals surface area contributed by atoms with Crippen LogP contribution in [0.15, 0.2) is 47.4 Å². The van der Waals surface area contributed by atoms with Gasteiger partial charge < -0.3 is 29.2 Å². The molecule has 1 aromatic carbocycles. The number of aromatic nitrogens is 3. The lowest BCUT2D eigenvalue weighted by molar-refractivity contribution is -0.125. The molecular formula is C34H45FN6O7. The third-order valence-corrected chi connectivity index (χ3v) is 6.86. The Hall–Kier alpha value is -5.01. The summed E-state index contributed by atoms with van der Waals surface area (Å²) in [7, 11) is 6.14. The maximum Gasteiger partial charge on any atom is 0.420 e. The average Bonchev–Trinajstić information content (AvgIpc) is 3.33. The summed E-state index contributed by atoms with van der Waals surface area (Å²) in [5.41, 5.74) is -0.384.